The van der Waals surface area contributed by atoms with Crippen LogP contribution >= 0.6 is 0 Å². The number of ether oxygens (including phenoxy) is 1. The molecule has 2 atom stereocenters. The van der Waals surface area contributed by atoms with Gasteiger partial charge in [-0.2, -0.15) is 0 Å². The highest BCUT2D eigenvalue weighted by Gasteiger charge is 2.40. The van der Waals surface area contributed by atoms with E-state index in [1.165, 1.54) is 12.0 Å². The maximum Gasteiger partial charge on any atom is 0.305 e. The molecule has 4 aliphatic heterocycles. The van der Waals surface area contributed by atoms with Crippen LogP contribution in [-0.4, -0.2) is 56.3 Å². The van der Waals surface area contributed by atoms with Crippen molar-refractivity contribution in [2.24, 2.45) is 0 Å². The predicted octanol–water partition coefficient (Wildman–Crippen LogP) is 7.26. The normalized spacial score (nSPS) is 18.5. The SMILES string of the molecule is C=CC1=C(C)c2cc3[nH]c(c4c5[nH]c(cc6nc(cc1n2)C(C)=C6CC)c(C)c5C(=O)N(CC)C4=O)[C@@H](CCC(=O)OC)[C@@H]3C. The van der Waals surface area contributed by atoms with E-state index in [2.05, 4.69) is 37.3 Å². The number of aryl methyl sites for hydroxylation is 1. The largest absolute Gasteiger partial charge is 0.469 e. The van der Waals surface area contributed by atoms with E-state index in [-0.39, 0.29) is 42.6 Å². The van der Waals surface area contributed by atoms with Gasteiger partial charge in [-0.25, -0.2) is 9.97 Å². The average Bonchev–Trinajstić information content (AvgIpc) is 3.69. The molecule has 0 saturated heterocycles. The zero-order valence-corrected chi connectivity index (χ0v) is 27.0. The van der Waals surface area contributed by atoms with Crippen molar-refractivity contribution in [2.75, 3.05) is 13.7 Å². The summed E-state index contributed by atoms with van der Waals surface area (Å²) in [5.74, 6) is -1.30. The Morgan fingerprint density at radius 3 is 2.33 bits per heavy atom. The summed E-state index contributed by atoms with van der Waals surface area (Å²) in [5.41, 5.74) is 11.8. The van der Waals surface area contributed by atoms with Crippen LogP contribution in [0.3, 0.4) is 0 Å². The monoisotopic (exact) mass is 605 g/mol. The van der Waals surface area contributed by atoms with Gasteiger partial charge in [0.1, 0.15) is 0 Å². The van der Waals surface area contributed by atoms with Crippen LogP contribution in [-0.2, 0) is 9.53 Å². The van der Waals surface area contributed by atoms with Gasteiger partial charge in [0.25, 0.3) is 11.8 Å². The van der Waals surface area contributed by atoms with Crippen molar-refractivity contribution in [3.05, 3.63) is 81.7 Å². The van der Waals surface area contributed by atoms with Gasteiger partial charge >= 0.3 is 5.97 Å². The van der Waals surface area contributed by atoms with Gasteiger partial charge in [-0.15, -0.1) is 0 Å². The summed E-state index contributed by atoms with van der Waals surface area (Å²) in [6, 6.07) is 6.03. The molecule has 0 radical (unpaired) electrons. The molecular weight excluding hydrogens is 566 g/mol. The van der Waals surface area contributed by atoms with Crippen LogP contribution in [0.15, 0.2) is 30.9 Å². The van der Waals surface area contributed by atoms with Crippen LogP contribution in [0.25, 0.3) is 33.3 Å². The van der Waals surface area contributed by atoms with Gasteiger partial charge in [-0.1, -0.05) is 26.5 Å². The fourth-order valence-electron chi connectivity index (χ4n) is 7.09. The lowest BCUT2D eigenvalue weighted by molar-refractivity contribution is -0.140. The van der Waals surface area contributed by atoms with Crippen LogP contribution in [0.5, 0.6) is 0 Å². The molecule has 0 unspecified atom stereocenters. The first-order chi connectivity index (χ1) is 21.5. The topological polar surface area (TPSA) is 121 Å². The van der Waals surface area contributed by atoms with Gasteiger partial charge < -0.3 is 14.7 Å². The van der Waals surface area contributed by atoms with Gasteiger partial charge in [-0.05, 0) is 81.0 Å². The standard InChI is InChI=1S/C36H39N5O4/c1-9-21-17(4)24-14-26-19(6)23(12-13-30(42)45-8)33(39-26)32-34-31(35(43)41(11-3)36(32)44)20(7)27(40-34)16-29-22(10-2)18(5)25(38-29)15-28(21)37-24/h9,14-16,19,23,39-40H,1,10-13H2,2-8H3/t19-,23-/m0/s1. The molecule has 0 fully saturated rings. The minimum Gasteiger partial charge on any atom is -0.469 e. The van der Waals surface area contributed by atoms with Gasteiger partial charge in [0.15, 0.2) is 0 Å². The maximum absolute atomic E-state index is 14.2. The number of hydrogen-bond acceptors (Lipinski definition) is 6. The van der Waals surface area contributed by atoms with Crippen LogP contribution in [0.4, 0.5) is 0 Å². The number of hydrogen-bond donors (Lipinski definition) is 2. The summed E-state index contributed by atoms with van der Waals surface area (Å²) in [6.45, 7) is 16.3. The second-order valence-corrected chi connectivity index (χ2v) is 12.0. The lowest BCUT2D eigenvalue weighted by Crippen LogP contribution is -2.40. The molecule has 2 aromatic rings. The second-order valence-electron chi connectivity index (χ2n) is 12.0. The molecular formula is C36H39N5O4. The molecule has 2 N–H and O–H groups in total. The van der Waals surface area contributed by atoms with Gasteiger partial charge in [0.05, 0.1) is 46.5 Å². The summed E-state index contributed by atoms with van der Waals surface area (Å²) in [7, 11) is 1.38. The number of imide groups is 1. The lowest BCUT2D eigenvalue weighted by atomic mass is 9.84. The van der Waals surface area contributed by atoms with Crippen LogP contribution in [0.2, 0.25) is 0 Å². The lowest BCUT2D eigenvalue weighted by Gasteiger charge is -2.26. The smallest absolute Gasteiger partial charge is 0.305 e. The van der Waals surface area contributed by atoms with Crippen molar-refractivity contribution in [3.8, 4) is 0 Å². The van der Waals surface area contributed by atoms with E-state index in [9.17, 15) is 14.4 Å². The molecule has 0 spiro atoms. The Morgan fingerprint density at radius 1 is 0.978 bits per heavy atom. The number of allylic oxidation sites excluding steroid dienone is 5. The van der Waals surface area contributed by atoms with E-state index in [4.69, 9.17) is 14.7 Å². The van der Waals surface area contributed by atoms with Gasteiger partial charge in [-0.3, -0.25) is 19.3 Å². The third-order valence-electron chi connectivity index (χ3n) is 9.77. The van der Waals surface area contributed by atoms with Crippen molar-refractivity contribution < 1.29 is 19.1 Å². The fourth-order valence-corrected chi connectivity index (χ4v) is 7.09. The predicted molar refractivity (Wildman–Crippen MR) is 176 cm³/mol. The molecule has 0 aliphatic carbocycles. The molecule has 2 aromatic heterocycles. The van der Waals surface area contributed by atoms with Crippen LogP contribution in [0, 0.1) is 6.92 Å². The Labute approximate surface area is 262 Å². The van der Waals surface area contributed by atoms with Crippen molar-refractivity contribution in [1.82, 2.24) is 24.8 Å². The van der Waals surface area contributed by atoms with Crippen molar-refractivity contribution >= 4 is 51.1 Å². The Hall–Kier alpha value is -4.79. The number of fused-ring (bicyclic) bond motifs is 8. The van der Waals surface area contributed by atoms with E-state index >= 15 is 0 Å². The van der Waals surface area contributed by atoms with Crippen molar-refractivity contribution in [3.63, 3.8) is 0 Å². The highest BCUT2D eigenvalue weighted by molar-refractivity contribution is 6.23. The maximum atomic E-state index is 14.2. The first-order valence-corrected chi connectivity index (χ1v) is 15.6. The molecule has 8 bridgehead atoms. The summed E-state index contributed by atoms with van der Waals surface area (Å²) >= 11 is 0. The first kappa shape index (κ1) is 30.2. The first-order valence-electron chi connectivity index (χ1n) is 15.6. The van der Waals surface area contributed by atoms with Crippen LogP contribution < -0.4 is 0 Å². The Balaban J connectivity index is 1.79. The van der Waals surface area contributed by atoms with Crippen molar-refractivity contribution in [2.45, 2.75) is 72.6 Å². The number of methoxy groups -OCH3 is 1. The van der Waals surface area contributed by atoms with E-state index in [0.29, 0.717) is 28.8 Å². The Bertz CT molecular complexity index is 1950. The van der Waals surface area contributed by atoms with Crippen molar-refractivity contribution in [1.29, 1.82) is 0 Å². The number of amides is 2. The van der Waals surface area contributed by atoms with E-state index < -0.39 is 0 Å². The number of carbonyl (C=O) groups is 3. The molecule has 9 nitrogen and oxygen atoms in total. The quantitative estimate of drug-likeness (QED) is 0.264. The number of aromatic amines is 2. The highest BCUT2D eigenvalue weighted by Crippen LogP contribution is 2.44. The van der Waals surface area contributed by atoms with E-state index in [1.54, 1.807) is 6.92 Å². The zero-order valence-electron chi connectivity index (χ0n) is 27.0. The average molecular weight is 606 g/mol. The molecule has 2 amide bonds. The number of H-pyrrole nitrogens is 2. The minimum atomic E-state index is -0.366. The number of esters is 1. The van der Waals surface area contributed by atoms with Gasteiger partial charge in [0.2, 0.25) is 0 Å². The van der Waals surface area contributed by atoms with E-state index in [0.717, 1.165) is 68.3 Å². The summed E-state index contributed by atoms with van der Waals surface area (Å²) in [5, 5.41) is 0. The second kappa shape index (κ2) is 11.3. The number of aromatic nitrogens is 4. The summed E-state index contributed by atoms with van der Waals surface area (Å²) in [6.07, 6.45) is 3.25. The molecule has 9 heteroatoms. The number of rotatable bonds is 6. The molecule has 0 saturated carbocycles. The third kappa shape index (κ3) is 4.64. The number of carbonyl (C=O) groups excluding carboxylic acids is 3. The highest BCUT2D eigenvalue weighted by atomic mass is 16.5. The number of nitrogens with one attached hydrogen (secondary N) is 2. The number of nitrogens with zero attached hydrogens (tertiary/aromatic N) is 3. The minimum absolute atomic E-state index is 0.0807. The van der Waals surface area contributed by atoms with Gasteiger partial charge in [0, 0.05) is 47.3 Å². The molecule has 232 valence electrons. The summed E-state index contributed by atoms with van der Waals surface area (Å²) < 4.78 is 4.97. The Morgan fingerprint density at radius 2 is 1.67 bits per heavy atom. The third-order valence-corrected chi connectivity index (χ3v) is 9.77. The molecule has 6 rings (SSSR count). The fraction of sp³-hybridized carbons (Fsp3) is 0.361. The zero-order chi connectivity index (χ0) is 32.3. The summed E-state index contributed by atoms with van der Waals surface area (Å²) in [4.78, 5) is 58.7. The molecule has 6 heterocycles. The molecule has 4 aliphatic rings. The molecule has 45 heavy (non-hydrogen) atoms. The Kier molecular flexibility index (Phi) is 7.59. The molecule has 0 aromatic carbocycles. The van der Waals surface area contributed by atoms with Crippen LogP contribution in [0.1, 0.15) is 126 Å². The van der Waals surface area contributed by atoms with E-state index in [1.807, 2.05) is 38.1 Å².